The predicted octanol–water partition coefficient (Wildman–Crippen LogP) is 2.06. The number of aromatic nitrogens is 1. The first kappa shape index (κ1) is 13.2. The van der Waals surface area contributed by atoms with Crippen LogP contribution in [0.4, 0.5) is 0 Å². The topological polar surface area (TPSA) is 37.0 Å². The van der Waals surface area contributed by atoms with Gasteiger partial charge in [0.25, 0.3) is 0 Å². The van der Waals surface area contributed by atoms with Gasteiger partial charge in [0.1, 0.15) is 0 Å². The van der Waals surface area contributed by atoms with E-state index in [1.807, 2.05) is 6.20 Å². The molecule has 1 aliphatic heterocycles. The molecule has 0 amide bonds. The maximum absolute atomic E-state index is 5.75. The van der Waals surface area contributed by atoms with Crippen LogP contribution >= 0.6 is 35.3 Å². The minimum atomic E-state index is 0. The zero-order chi connectivity index (χ0) is 9.80. The highest BCUT2D eigenvalue weighted by molar-refractivity contribution is 7.15. The zero-order valence-electron chi connectivity index (χ0n) is 8.33. The predicted molar refractivity (Wildman–Crippen MR) is 67.1 cm³/mol. The van der Waals surface area contributed by atoms with Gasteiger partial charge >= 0.3 is 0 Å². The Kier molecular flexibility index (Phi) is 5.86. The molecule has 0 aromatic carbocycles. The van der Waals surface area contributed by atoms with Crippen LogP contribution in [0.25, 0.3) is 0 Å². The van der Waals surface area contributed by atoms with Crippen molar-refractivity contribution in [2.45, 2.75) is 25.4 Å². The molecule has 86 valence electrons. The Balaban J connectivity index is 0.00000112. The van der Waals surface area contributed by atoms with Gasteiger partial charge in [0.05, 0.1) is 0 Å². The maximum atomic E-state index is 5.75. The van der Waals surface area contributed by atoms with Crippen LogP contribution in [0.2, 0.25) is 4.47 Å². The molecule has 1 fully saturated rings. The third-order valence-electron chi connectivity index (χ3n) is 2.43. The number of piperidine rings is 1. The average molecular weight is 268 g/mol. The molecule has 2 N–H and O–H groups in total. The number of nitrogens with one attached hydrogen (secondary N) is 2. The highest BCUT2D eigenvalue weighted by Crippen LogP contribution is 2.17. The Morgan fingerprint density at radius 3 is 2.87 bits per heavy atom. The highest BCUT2D eigenvalue weighted by Gasteiger charge is 2.12. The van der Waals surface area contributed by atoms with E-state index in [4.69, 9.17) is 11.6 Å². The van der Waals surface area contributed by atoms with Crippen LogP contribution in [-0.2, 0) is 6.54 Å². The van der Waals surface area contributed by atoms with Crippen LogP contribution in [0.15, 0.2) is 6.20 Å². The van der Waals surface area contributed by atoms with E-state index in [2.05, 4.69) is 15.6 Å². The van der Waals surface area contributed by atoms with Crippen molar-refractivity contribution < 1.29 is 0 Å². The van der Waals surface area contributed by atoms with Crippen molar-refractivity contribution in [1.82, 2.24) is 15.6 Å². The molecule has 0 radical (unpaired) electrons. The van der Waals surface area contributed by atoms with Crippen molar-refractivity contribution in [2.75, 3.05) is 13.1 Å². The van der Waals surface area contributed by atoms with Crippen LogP contribution in [0, 0.1) is 0 Å². The third kappa shape index (κ3) is 4.25. The van der Waals surface area contributed by atoms with E-state index in [9.17, 15) is 0 Å². The Morgan fingerprint density at radius 2 is 2.27 bits per heavy atom. The lowest BCUT2D eigenvalue weighted by Gasteiger charge is -2.23. The van der Waals surface area contributed by atoms with E-state index < -0.39 is 0 Å². The molecule has 1 aromatic heterocycles. The zero-order valence-corrected chi connectivity index (χ0v) is 10.7. The minimum Gasteiger partial charge on any atom is -0.317 e. The number of thiazole rings is 1. The van der Waals surface area contributed by atoms with Gasteiger partial charge in [-0.25, -0.2) is 4.98 Å². The molecule has 0 atom stereocenters. The van der Waals surface area contributed by atoms with E-state index >= 15 is 0 Å². The standard InChI is InChI=1S/C9H14ClN3S.ClH/c10-9-13-6-8(14-9)5-12-7-1-3-11-4-2-7;/h6-7,11-12H,1-5H2;1H. The summed E-state index contributed by atoms with van der Waals surface area (Å²) in [4.78, 5) is 5.23. The highest BCUT2D eigenvalue weighted by atomic mass is 35.5. The molecule has 1 saturated heterocycles. The molecule has 1 aromatic rings. The molecule has 6 heteroatoms. The van der Waals surface area contributed by atoms with Crippen molar-refractivity contribution in [3.05, 3.63) is 15.5 Å². The molecule has 1 aliphatic rings. The van der Waals surface area contributed by atoms with Gasteiger partial charge in [0.2, 0.25) is 0 Å². The molecule has 0 unspecified atom stereocenters. The summed E-state index contributed by atoms with van der Waals surface area (Å²) >= 11 is 7.30. The summed E-state index contributed by atoms with van der Waals surface area (Å²) in [5.74, 6) is 0. The number of rotatable bonds is 3. The van der Waals surface area contributed by atoms with Gasteiger partial charge in [0, 0.05) is 23.7 Å². The first-order chi connectivity index (χ1) is 6.84. The summed E-state index contributed by atoms with van der Waals surface area (Å²) < 4.78 is 0.632. The molecule has 0 spiro atoms. The number of hydrogen-bond donors (Lipinski definition) is 2. The normalized spacial score (nSPS) is 17.4. The third-order valence-corrected chi connectivity index (χ3v) is 3.54. The summed E-state index contributed by atoms with van der Waals surface area (Å²) in [5.41, 5.74) is 0. The second-order valence-corrected chi connectivity index (χ2v) is 5.18. The van der Waals surface area contributed by atoms with Gasteiger partial charge in [-0.3, -0.25) is 0 Å². The van der Waals surface area contributed by atoms with E-state index in [0.29, 0.717) is 10.5 Å². The van der Waals surface area contributed by atoms with E-state index in [1.165, 1.54) is 17.7 Å². The molecule has 15 heavy (non-hydrogen) atoms. The van der Waals surface area contributed by atoms with E-state index in [1.54, 1.807) is 11.3 Å². The van der Waals surface area contributed by atoms with Crippen LogP contribution < -0.4 is 10.6 Å². The minimum absolute atomic E-state index is 0. The molecule has 2 heterocycles. The quantitative estimate of drug-likeness (QED) is 0.881. The Labute approximate surface area is 105 Å². The summed E-state index contributed by atoms with van der Waals surface area (Å²) in [5, 5.41) is 6.87. The molecular formula is C9H15Cl2N3S. The Hall–Kier alpha value is 0.130. The molecule has 3 nitrogen and oxygen atoms in total. The van der Waals surface area contributed by atoms with Crippen LogP contribution in [-0.4, -0.2) is 24.1 Å². The molecule has 0 aliphatic carbocycles. The second kappa shape index (κ2) is 6.66. The van der Waals surface area contributed by atoms with Crippen molar-refractivity contribution >= 4 is 35.3 Å². The Bertz CT molecular complexity index is 287. The fraction of sp³-hybridized carbons (Fsp3) is 0.667. The fourth-order valence-corrected chi connectivity index (χ4v) is 2.57. The van der Waals surface area contributed by atoms with Gasteiger partial charge in [0.15, 0.2) is 4.47 Å². The lowest BCUT2D eigenvalue weighted by Crippen LogP contribution is -2.39. The molecule has 0 bridgehead atoms. The van der Waals surface area contributed by atoms with E-state index in [0.717, 1.165) is 19.6 Å². The molecule has 0 saturated carbocycles. The van der Waals surface area contributed by atoms with Gasteiger partial charge in [-0.05, 0) is 25.9 Å². The van der Waals surface area contributed by atoms with Crippen molar-refractivity contribution in [3.8, 4) is 0 Å². The van der Waals surface area contributed by atoms with E-state index in [-0.39, 0.29) is 12.4 Å². The number of hydrogen-bond acceptors (Lipinski definition) is 4. The van der Waals surface area contributed by atoms with Gasteiger partial charge in [-0.1, -0.05) is 11.6 Å². The Morgan fingerprint density at radius 1 is 1.53 bits per heavy atom. The fourth-order valence-electron chi connectivity index (χ4n) is 1.64. The second-order valence-electron chi connectivity index (χ2n) is 3.48. The monoisotopic (exact) mass is 267 g/mol. The van der Waals surface area contributed by atoms with Gasteiger partial charge < -0.3 is 10.6 Å². The SMILES string of the molecule is Cl.Clc1ncc(CNC2CCNCC2)s1. The lowest BCUT2D eigenvalue weighted by molar-refractivity contribution is 0.387. The average Bonchev–Trinajstić information content (AvgIpc) is 2.63. The number of halogens is 2. The van der Waals surface area contributed by atoms with Gasteiger partial charge in [-0.15, -0.1) is 23.7 Å². The van der Waals surface area contributed by atoms with Gasteiger partial charge in [-0.2, -0.15) is 0 Å². The van der Waals surface area contributed by atoms with Crippen LogP contribution in [0.5, 0.6) is 0 Å². The first-order valence-corrected chi connectivity index (χ1v) is 6.08. The summed E-state index contributed by atoms with van der Waals surface area (Å²) in [6, 6.07) is 0.650. The van der Waals surface area contributed by atoms with Crippen LogP contribution in [0.3, 0.4) is 0 Å². The van der Waals surface area contributed by atoms with Crippen molar-refractivity contribution in [1.29, 1.82) is 0 Å². The van der Waals surface area contributed by atoms with Crippen LogP contribution in [0.1, 0.15) is 17.7 Å². The molecule has 2 rings (SSSR count). The lowest BCUT2D eigenvalue weighted by atomic mass is 10.1. The summed E-state index contributed by atoms with van der Waals surface area (Å²) in [7, 11) is 0. The smallest absolute Gasteiger partial charge is 0.183 e. The number of nitrogens with zero attached hydrogens (tertiary/aromatic N) is 1. The largest absolute Gasteiger partial charge is 0.317 e. The van der Waals surface area contributed by atoms with Crippen molar-refractivity contribution in [2.24, 2.45) is 0 Å². The summed E-state index contributed by atoms with van der Waals surface area (Å²) in [6.07, 6.45) is 4.28. The first-order valence-electron chi connectivity index (χ1n) is 4.89. The van der Waals surface area contributed by atoms with Crippen molar-refractivity contribution in [3.63, 3.8) is 0 Å². The summed E-state index contributed by atoms with van der Waals surface area (Å²) in [6.45, 7) is 3.15. The maximum Gasteiger partial charge on any atom is 0.183 e. The molecular weight excluding hydrogens is 253 g/mol.